The van der Waals surface area contributed by atoms with Crippen LogP contribution in [0.2, 0.25) is 0 Å². The molecule has 6 nitrogen and oxygen atoms in total. The van der Waals surface area contributed by atoms with Gasteiger partial charge in [0.2, 0.25) is 0 Å². The van der Waals surface area contributed by atoms with Gasteiger partial charge >= 0.3 is 0 Å². The number of nitrogens with one attached hydrogen (secondary N) is 2. The van der Waals surface area contributed by atoms with Crippen molar-refractivity contribution in [1.82, 2.24) is 4.98 Å². The molecule has 0 aliphatic rings. The SMILES string of the molecule is Cc1ccc(S(=O)(=O)Nc2cncc(C(=O)Nc3c(C)cccc3C)c2)c(C)c1. The molecular formula is C22H23N3O3S. The maximum Gasteiger partial charge on any atom is 0.262 e. The average Bonchev–Trinajstić information content (AvgIpc) is 2.64. The molecule has 0 atom stereocenters. The summed E-state index contributed by atoms with van der Waals surface area (Å²) in [7, 11) is -3.80. The zero-order valence-electron chi connectivity index (χ0n) is 16.8. The third-order valence-electron chi connectivity index (χ3n) is 4.59. The number of aromatic nitrogens is 1. The molecule has 0 radical (unpaired) electrons. The van der Waals surface area contributed by atoms with E-state index in [0.29, 0.717) is 5.56 Å². The minimum atomic E-state index is -3.80. The van der Waals surface area contributed by atoms with E-state index in [-0.39, 0.29) is 22.1 Å². The topological polar surface area (TPSA) is 88.2 Å². The largest absolute Gasteiger partial charge is 0.321 e. The molecule has 0 fully saturated rings. The van der Waals surface area contributed by atoms with Crippen LogP contribution in [0.1, 0.15) is 32.6 Å². The summed E-state index contributed by atoms with van der Waals surface area (Å²) in [5.74, 6) is -0.359. The van der Waals surface area contributed by atoms with E-state index in [1.807, 2.05) is 39.0 Å². The molecule has 2 N–H and O–H groups in total. The highest BCUT2D eigenvalue weighted by Gasteiger charge is 2.18. The number of hydrogen-bond donors (Lipinski definition) is 2. The van der Waals surface area contributed by atoms with Crippen molar-refractivity contribution >= 4 is 27.3 Å². The van der Waals surface area contributed by atoms with Crippen molar-refractivity contribution in [3.8, 4) is 0 Å². The molecule has 0 aliphatic carbocycles. The van der Waals surface area contributed by atoms with E-state index in [9.17, 15) is 13.2 Å². The van der Waals surface area contributed by atoms with Gasteiger partial charge in [-0.15, -0.1) is 0 Å². The fourth-order valence-corrected chi connectivity index (χ4v) is 4.39. The van der Waals surface area contributed by atoms with Gasteiger partial charge in [0.1, 0.15) is 0 Å². The number of pyridine rings is 1. The van der Waals surface area contributed by atoms with Crippen LogP contribution in [-0.2, 0) is 10.0 Å². The highest BCUT2D eigenvalue weighted by atomic mass is 32.2. The molecule has 7 heteroatoms. The summed E-state index contributed by atoms with van der Waals surface area (Å²) in [6, 6.07) is 12.3. The maximum absolute atomic E-state index is 12.8. The molecule has 3 rings (SSSR count). The molecule has 3 aromatic rings. The van der Waals surface area contributed by atoms with E-state index < -0.39 is 10.0 Å². The van der Waals surface area contributed by atoms with Gasteiger partial charge in [-0.25, -0.2) is 8.42 Å². The molecular weight excluding hydrogens is 386 g/mol. The maximum atomic E-state index is 12.8. The van der Waals surface area contributed by atoms with Gasteiger partial charge in [-0.3, -0.25) is 14.5 Å². The van der Waals surface area contributed by atoms with Gasteiger partial charge in [-0.1, -0.05) is 35.9 Å². The fraction of sp³-hybridized carbons (Fsp3) is 0.182. The van der Waals surface area contributed by atoms with E-state index in [4.69, 9.17) is 0 Å². The van der Waals surface area contributed by atoms with Crippen LogP contribution in [0.3, 0.4) is 0 Å². The molecule has 0 saturated heterocycles. The average molecular weight is 410 g/mol. The molecule has 2 aromatic carbocycles. The van der Waals surface area contributed by atoms with Crippen molar-refractivity contribution in [3.63, 3.8) is 0 Å². The summed E-state index contributed by atoms with van der Waals surface area (Å²) >= 11 is 0. The number of hydrogen-bond acceptors (Lipinski definition) is 4. The van der Waals surface area contributed by atoms with Crippen molar-refractivity contribution < 1.29 is 13.2 Å². The Labute approximate surface area is 171 Å². The summed E-state index contributed by atoms with van der Waals surface area (Å²) in [5, 5.41) is 2.88. The number of amides is 1. The lowest BCUT2D eigenvalue weighted by Crippen LogP contribution is -2.17. The number of para-hydroxylation sites is 1. The van der Waals surface area contributed by atoms with Crippen LogP contribution in [0.25, 0.3) is 0 Å². The summed E-state index contributed by atoms with van der Waals surface area (Å²) < 4.78 is 28.0. The number of carbonyl (C=O) groups excluding carboxylic acids is 1. The first-order chi connectivity index (χ1) is 13.7. The quantitative estimate of drug-likeness (QED) is 0.655. The van der Waals surface area contributed by atoms with Gasteiger partial charge < -0.3 is 5.32 Å². The minimum absolute atomic E-state index is 0.188. The summed E-state index contributed by atoms with van der Waals surface area (Å²) in [6.07, 6.45) is 2.77. The second kappa shape index (κ2) is 8.05. The number of aryl methyl sites for hydroxylation is 4. The first-order valence-corrected chi connectivity index (χ1v) is 10.6. The zero-order valence-corrected chi connectivity index (χ0v) is 17.6. The predicted molar refractivity (Wildman–Crippen MR) is 115 cm³/mol. The van der Waals surface area contributed by atoms with Crippen LogP contribution >= 0.6 is 0 Å². The zero-order chi connectivity index (χ0) is 21.2. The molecule has 0 bridgehead atoms. The Kier molecular flexibility index (Phi) is 5.70. The van der Waals surface area contributed by atoms with E-state index in [1.165, 1.54) is 18.5 Å². The van der Waals surface area contributed by atoms with Gasteiger partial charge in [0.15, 0.2) is 0 Å². The Balaban J connectivity index is 1.85. The van der Waals surface area contributed by atoms with Gasteiger partial charge in [-0.2, -0.15) is 0 Å². The van der Waals surface area contributed by atoms with Crippen LogP contribution < -0.4 is 10.0 Å². The molecule has 0 unspecified atom stereocenters. The van der Waals surface area contributed by atoms with Crippen LogP contribution in [0, 0.1) is 27.7 Å². The number of carbonyl (C=O) groups is 1. The van der Waals surface area contributed by atoms with Gasteiger partial charge in [0.25, 0.3) is 15.9 Å². The predicted octanol–water partition coefficient (Wildman–Crippen LogP) is 4.37. The lowest BCUT2D eigenvalue weighted by atomic mass is 10.1. The Morgan fingerprint density at radius 3 is 2.24 bits per heavy atom. The summed E-state index contributed by atoms with van der Waals surface area (Å²) in [4.78, 5) is 16.9. The van der Waals surface area contributed by atoms with Crippen LogP contribution in [0.4, 0.5) is 11.4 Å². The van der Waals surface area contributed by atoms with Crippen LogP contribution in [0.15, 0.2) is 59.8 Å². The molecule has 29 heavy (non-hydrogen) atoms. The van der Waals surface area contributed by atoms with Crippen molar-refractivity contribution in [3.05, 3.63) is 82.7 Å². The van der Waals surface area contributed by atoms with E-state index >= 15 is 0 Å². The lowest BCUT2D eigenvalue weighted by molar-refractivity contribution is 0.102. The first kappa shape index (κ1) is 20.5. The van der Waals surface area contributed by atoms with E-state index in [2.05, 4.69) is 15.0 Å². The number of sulfonamides is 1. The Hall–Kier alpha value is -3.19. The van der Waals surface area contributed by atoms with Crippen LogP contribution in [0.5, 0.6) is 0 Å². The molecule has 1 heterocycles. The number of nitrogens with zero attached hydrogens (tertiary/aromatic N) is 1. The van der Waals surface area contributed by atoms with Crippen molar-refractivity contribution in [1.29, 1.82) is 0 Å². The van der Waals surface area contributed by atoms with Crippen molar-refractivity contribution in [2.75, 3.05) is 10.0 Å². The third-order valence-corrected chi connectivity index (χ3v) is 6.13. The second-order valence-electron chi connectivity index (χ2n) is 7.06. The monoisotopic (exact) mass is 409 g/mol. The summed E-state index contributed by atoms with van der Waals surface area (Å²) in [5.41, 5.74) is 4.73. The minimum Gasteiger partial charge on any atom is -0.321 e. The molecule has 150 valence electrons. The van der Waals surface area contributed by atoms with Gasteiger partial charge in [0, 0.05) is 11.9 Å². The number of rotatable bonds is 5. The smallest absolute Gasteiger partial charge is 0.262 e. The van der Waals surface area contributed by atoms with E-state index in [1.54, 1.807) is 25.1 Å². The summed E-state index contributed by atoms with van der Waals surface area (Å²) in [6.45, 7) is 7.47. The van der Waals surface area contributed by atoms with E-state index in [0.717, 1.165) is 22.4 Å². The third kappa shape index (κ3) is 4.63. The molecule has 0 spiro atoms. The van der Waals surface area contributed by atoms with Crippen molar-refractivity contribution in [2.24, 2.45) is 0 Å². The number of anilines is 2. The second-order valence-corrected chi connectivity index (χ2v) is 8.71. The molecule has 0 aliphatic heterocycles. The van der Waals surface area contributed by atoms with Gasteiger partial charge in [0.05, 0.1) is 22.3 Å². The van der Waals surface area contributed by atoms with Crippen molar-refractivity contribution in [2.45, 2.75) is 32.6 Å². The highest BCUT2D eigenvalue weighted by molar-refractivity contribution is 7.92. The molecule has 1 amide bonds. The lowest BCUT2D eigenvalue weighted by Gasteiger charge is -2.13. The normalized spacial score (nSPS) is 11.2. The fourth-order valence-electron chi connectivity index (χ4n) is 3.13. The first-order valence-electron chi connectivity index (χ1n) is 9.10. The Bertz CT molecular complexity index is 1170. The molecule has 1 aromatic heterocycles. The molecule has 0 saturated carbocycles. The van der Waals surface area contributed by atoms with Gasteiger partial charge in [-0.05, 0) is 56.5 Å². The standard InChI is InChI=1S/C22H23N3O3S/c1-14-8-9-20(17(4)10-14)29(27,28)25-19-11-18(12-23-13-19)22(26)24-21-15(2)6-5-7-16(21)3/h5-13,25H,1-4H3,(H,24,26). The Morgan fingerprint density at radius 1 is 0.897 bits per heavy atom. The highest BCUT2D eigenvalue weighted by Crippen LogP contribution is 2.22. The number of benzene rings is 2. The van der Waals surface area contributed by atoms with Crippen LogP contribution in [-0.4, -0.2) is 19.3 Å². The Morgan fingerprint density at radius 2 is 1.59 bits per heavy atom.